The lowest BCUT2D eigenvalue weighted by Gasteiger charge is -2.71. The number of hydrogen-bond acceptors (Lipinski definition) is 5. The molecule has 0 radical (unpaired) electrons. The maximum atomic E-state index is 13.0. The van der Waals surface area contributed by atoms with E-state index in [0.717, 1.165) is 38.5 Å². The second kappa shape index (κ2) is 8.50. The number of rotatable bonds is 3. The standard InChI is InChI=1S/C32H48O5/c1-19-20(2)27-22-8-9-25-28(4)12-11-26(36)29(5,17-33)24(28)10-13-31(25,7)30(22,6)14-15-32(27,18-34)16-23(19)37-21(3)35/h8,18-20,23-25,27,33H,9-17H2,1-7H3/t19-,20-,23-,24?,25+,27-,28-,29?,30+,31+,32-/m0/s1. The molecule has 0 saturated heterocycles. The molecule has 0 aromatic carbocycles. The van der Waals surface area contributed by atoms with E-state index in [1.54, 1.807) is 0 Å². The molecule has 0 amide bonds. The lowest BCUT2D eigenvalue weighted by atomic mass is 9.33. The SMILES string of the molecule is CC(=O)O[C@H]1C[C@]2(C=O)CC[C@]3(C)C(=CC[C@@H]4[C@@]5(C)CCC(=O)C(C)(CO)C5CC[C@]43C)[C@@H]2[C@@H](C)[C@@H]1C. The van der Waals surface area contributed by atoms with Gasteiger partial charge in [-0.2, -0.15) is 0 Å². The Morgan fingerprint density at radius 1 is 1.08 bits per heavy atom. The summed E-state index contributed by atoms with van der Waals surface area (Å²) in [5.74, 6) is 1.23. The lowest BCUT2D eigenvalue weighted by molar-refractivity contribution is -0.196. The molecule has 0 bridgehead atoms. The molecule has 11 atom stereocenters. The molecule has 0 aromatic heterocycles. The summed E-state index contributed by atoms with van der Waals surface area (Å²) in [7, 11) is 0. The van der Waals surface area contributed by atoms with Gasteiger partial charge in [-0.1, -0.05) is 53.2 Å². The molecular formula is C32H48O5. The molecular weight excluding hydrogens is 464 g/mol. The van der Waals surface area contributed by atoms with Gasteiger partial charge in [0.2, 0.25) is 0 Å². The van der Waals surface area contributed by atoms with Crippen LogP contribution in [0.2, 0.25) is 0 Å². The topological polar surface area (TPSA) is 80.7 Å². The summed E-state index contributed by atoms with van der Waals surface area (Å²) in [6.07, 6.45) is 10.4. The van der Waals surface area contributed by atoms with Crippen molar-refractivity contribution in [2.24, 2.45) is 56.7 Å². The monoisotopic (exact) mass is 512 g/mol. The molecule has 5 aliphatic rings. The molecule has 37 heavy (non-hydrogen) atoms. The van der Waals surface area contributed by atoms with E-state index in [9.17, 15) is 19.5 Å². The van der Waals surface area contributed by atoms with Gasteiger partial charge in [-0.05, 0) is 90.8 Å². The van der Waals surface area contributed by atoms with Crippen molar-refractivity contribution in [2.45, 2.75) is 106 Å². The number of aliphatic hydroxyl groups excluding tert-OH is 1. The number of carbonyl (C=O) groups is 3. The van der Waals surface area contributed by atoms with Crippen LogP contribution in [0.25, 0.3) is 0 Å². The van der Waals surface area contributed by atoms with Gasteiger partial charge in [0, 0.05) is 18.8 Å². The number of allylic oxidation sites excluding steroid dienone is 2. The first-order chi connectivity index (χ1) is 17.2. The van der Waals surface area contributed by atoms with Crippen molar-refractivity contribution >= 4 is 18.0 Å². The molecule has 0 aliphatic heterocycles. The van der Waals surface area contributed by atoms with Crippen LogP contribution < -0.4 is 0 Å². The Balaban J connectivity index is 1.57. The van der Waals surface area contributed by atoms with E-state index >= 15 is 0 Å². The first kappa shape index (κ1) is 27.1. The molecule has 5 aliphatic carbocycles. The van der Waals surface area contributed by atoms with E-state index in [4.69, 9.17) is 4.74 Å². The van der Waals surface area contributed by atoms with Crippen LogP contribution in [0.3, 0.4) is 0 Å². The minimum absolute atomic E-state index is 0.00845. The summed E-state index contributed by atoms with van der Waals surface area (Å²) >= 11 is 0. The van der Waals surface area contributed by atoms with Crippen molar-refractivity contribution in [3.05, 3.63) is 11.6 Å². The predicted octanol–water partition coefficient (Wildman–Crippen LogP) is 5.93. The maximum Gasteiger partial charge on any atom is 0.302 e. The van der Waals surface area contributed by atoms with Gasteiger partial charge >= 0.3 is 5.97 Å². The van der Waals surface area contributed by atoms with E-state index in [1.165, 1.54) is 18.8 Å². The van der Waals surface area contributed by atoms with E-state index in [1.807, 2.05) is 6.92 Å². The minimum Gasteiger partial charge on any atom is -0.462 e. The number of aldehydes is 1. The fraction of sp³-hybridized carbons (Fsp3) is 0.844. The molecule has 5 heteroatoms. The molecule has 4 saturated carbocycles. The first-order valence-corrected chi connectivity index (χ1v) is 14.7. The zero-order chi connectivity index (χ0) is 27.2. The first-order valence-electron chi connectivity index (χ1n) is 14.7. The predicted molar refractivity (Wildman–Crippen MR) is 142 cm³/mol. The normalized spacial score (nSPS) is 53.1. The number of ketones is 1. The van der Waals surface area contributed by atoms with Crippen molar-refractivity contribution in [2.75, 3.05) is 6.61 Å². The average Bonchev–Trinajstić information content (AvgIpc) is 2.85. The van der Waals surface area contributed by atoms with Crippen LogP contribution in [-0.4, -0.2) is 35.9 Å². The number of fused-ring (bicyclic) bond motifs is 7. The third-order valence-corrected chi connectivity index (χ3v) is 13.5. The van der Waals surface area contributed by atoms with E-state index in [2.05, 4.69) is 40.7 Å². The fourth-order valence-corrected chi connectivity index (χ4v) is 11.0. The van der Waals surface area contributed by atoms with Crippen LogP contribution in [0.4, 0.5) is 0 Å². The van der Waals surface area contributed by atoms with Crippen LogP contribution in [0.5, 0.6) is 0 Å². The zero-order valence-electron chi connectivity index (χ0n) is 24.1. The molecule has 206 valence electrons. The molecule has 1 N–H and O–H groups in total. The summed E-state index contributed by atoms with van der Waals surface area (Å²) in [5.41, 5.74) is 0.425. The van der Waals surface area contributed by atoms with Gasteiger partial charge in [-0.3, -0.25) is 9.59 Å². The van der Waals surface area contributed by atoms with Gasteiger partial charge in [0.05, 0.1) is 12.0 Å². The quantitative estimate of drug-likeness (QED) is 0.288. The highest BCUT2D eigenvalue weighted by atomic mass is 16.5. The molecule has 2 unspecified atom stereocenters. The van der Waals surface area contributed by atoms with Crippen molar-refractivity contribution in [3.63, 3.8) is 0 Å². The van der Waals surface area contributed by atoms with Crippen molar-refractivity contribution in [1.82, 2.24) is 0 Å². The summed E-state index contributed by atoms with van der Waals surface area (Å²) in [5, 5.41) is 10.4. The highest BCUT2D eigenvalue weighted by Crippen LogP contribution is 2.75. The molecule has 5 rings (SSSR count). The Hall–Kier alpha value is -1.49. The van der Waals surface area contributed by atoms with Crippen LogP contribution in [0.1, 0.15) is 99.8 Å². The largest absolute Gasteiger partial charge is 0.462 e. The fourth-order valence-electron chi connectivity index (χ4n) is 11.0. The van der Waals surface area contributed by atoms with E-state index in [-0.39, 0.29) is 64.4 Å². The van der Waals surface area contributed by atoms with Crippen LogP contribution in [-0.2, 0) is 19.1 Å². The van der Waals surface area contributed by atoms with Crippen LogP contribution in [0, 0.1) is 56.7 Å². The summed E-state index contributed by atoms with van der Waals surface area (Å²) in [6, 6.07) is 0. The Morgan fingerprint density at radius 3 is 2.41 bits per heavy atom. The number of ether oxygens (including phenoxy) is 1. The second-order valence-corrected chi connectivity index (χ2v) is 14.7. The van der Waals surface area contributed by atoms with Crippen molar-refractivity contribution in [1.29, 1.82) is 0 Å². The smallest absolute Gasteiger partial charge is 0.302 e. The average molecular weight is 513 g/mol. The highest BCUT2D eigenvalue weighted by Gasteiger charge is 2.69. The van der Waals surface area contributed by atoms with Crippen molar-refractivity contribution < 1.29 is 24.2 Å². The number of Topliss-reactive ketones (excluding diaryl/α,β-unsaturated/α-hetero) is 1. The number of aliphatic hydroxyl groups is 1. The van der Waals surface area contributed by atoms with Gasteiger partial charge in [-0.15, -0.1) is 0 Å². The van der Waals surface area contributed by atoms with Crippen LogP contribution >= 0.6 is 0 Å². The van der Waals surface area contributed by atoms with Gasteiger partial charge in [-0.25, -0.2) is 0 Å². The van der Waals surface area contributed by atoms with Gasteiger partial charge < -0.3 is 14.6 Å². The van der Waals surface area contributed by atoms with Crippen LogP contribution in [0.15, 0.2) is 11.6 Å². The van der Waals surface area contributed by atoms with E-state index in [0.29, 0.717) is 18.8 Å². The zero-order valence-corrected chi connectivity index (χ0v) is 24.1. The third-order valence-electron chi connectivity index (χ3n) is 13.5. The Labute approximate surface area is 223 Å². The highest BCUT2D eigenvalue weighted by molar-refractivity contribution is 5.86. The number of hydrogen-bond donors (Lipinski definition) is 1. The minimum atomic E-state index is -0.641. The Bertz CT molecular complexity index is 1030. The van der Waals surface area contributed by atoms with E-state index < -0.39 is 10.8 Å². The molecule has 4 fully saturated rings. The van der Waals surface area contributed by atoms with Gasteiger partial charge in [0.1, 0.15) is 18.2 Å². The summed E-state index contributed by atoms with van der Waals surface area (Å²) in [4.78, 5) is 37.8. The number of carbonyl (C=O) groups excluding carboxylic acids is 3. The summed E-state index contributed by atoms with van der Waals surface area (Å²) < 4.78 is 5.76. The summed E-state index contributed by atoms with van der Waals surface area (Å²) in [6.45, 7) is 15.3. The Kier molecular flexibility index (Phi) is 6.23. The third kappa shape index (κ3) is 3.34. The van der Waals surface area contributed by atoms with Gasteiger partial charge in [0.15, 0.2) is 0 Å². The lowest BCUT2D eigenvalue weighted by Crippen LogP contribution is -2.65. The maximum absolute atomic E-state index is 13.0. The molecule has 0 aromatic rings. The molecule has 0 spiro atoms. The van der Waals surface area contributed by atoms with Gasteiger partial charge in [0.25, 0.3) is 0 Å². The Morgan fingerprint density at radius 2 is 1.78 bits per heavy atom. The molecule has 5 nitrogen and oxygen atoms in total. The number of esters is 1. The second-order valence-electron chi connectivity index (χ2n) is 14.7. The van der Waals surface area contributed by atoms with Crippen molar-refractivity contribution in [3.8, 4) is 0 Å². The molecule has 0 heterocycles.